The summed E-state index contributed by atoms with van der Waals surface area (Å²) in [5.41, 5.74) is 1.80. The molecule has 27 heavy (non-hydrogen) atoms. The summed E-state index contributed by atoms with van der Waals surface area (Å²) in [7, 11) is -2.71. The Balaban J connectivity index is 0.000000271. The molecule has 0 bridgehead atoms. The van der Waals surface area contributed by atoms with E-state index < -0.39 is 9.73 Å². The van der Waals surface area contributed by atoms with Gasteiger partial charge in [-0.15, -0.1) is 4.36 Å². The van der Waals surface area contributed by atoms with Crippen molar-refractivity contribution in [2.45, 2.75) is 11.5 Å². The van der Waals surface area contributed by atoms with Crippen LogP contribution >= 0.6 is 23.2 Å². The van der Waals surface area contributed by atoms with E-state index in [1.54, 1.807) is 36.8 Å². The van der Waals surface area contributed by atoms with Crippen molar-refractivity contribution >= 4 is 43.6 Å². The van der Waals surface area contributed by atoms with Gasteiger partial charge >= 0.3 is 0 Å². The third-order valence-electron chi connectivity index (χ3n) is 2.82. The van der Waals surface area contributed by atoms with Gasteiger partial charge in [-0.1, -0.05) is 46.0 Å². The van der Waals surface area contributed by atoms with Crippen molar-refractivity contribution in [2.24, 2.45) is 8.73 Å². The van der Waals surface area contributed by atoms with E-state index in [-0.39, 0.29) is 16.4 Å². The van der Waals surface area contributed by atoms with Crippen molar-refractivity contribution in [1.29, 1.82) is 10.5 Å². The Hall–Kier alpha value is -2.04. The lowest BCUT2D eigenvalue weighted by atomic mass is 10.3. The largest absolute Gasteiger partial charge is 0.249 e. The molecule has 11 heteroatoms. The minimum Gasteiger partial charge on any atom is -0.249 e. The molecule has 2 heterocycles. The molecular weight excluding hydrogens is 427 g/mol. The second kappa shape index (κ2) is 11.6. The van der Waals surface area contributed by atoms with Crippen LogP contribution in [-0.2, 0) is 31.9 Å². The van der Waals surface area contributed by atoms with E-state index in [1.165, 1.54) is 12.5 Å². The molecule has 142 valence electrons. The molecule has 2 atom stereocenters. The SMILES string of the molecule is CS(=O)(Cc1ccc(Cl)nc1)=NC#N.CS(Cc1ccc(Cl)nc1)=NC#N. The highest BCUT2D eigenvalue weighted by molar-refractivity contribution is 7.92. The molecule has 2 unspecified atom stereocenters. The van der Waals surface area contributed by atoms with Crippen LogP contribution in [0.25, 0.3) is 0 Å². The van der Waals surface area contributed by atoms with Crippen molar-refractivity contribution in [2.75, 3.05) is 12.5 Å². The molecule has 0 saturated heterocycles. The van der Waals surface area contributed by atoms with Gasteiger partial charge in [-0.25, -0.2) is 14.2 Å². The summed E-state index contributed by atoms with van der Waals surface area (Å²) in [5, 5.41) is 17.5. The number of pyridine rings is 2. The molecule has 2 aromatic heterocycles. The van der Waals surface area contributed by atoms with Crippen molar-refractivity contribution in [3.8, 4) is 12.4 Å². The summed E-state index contributed by atoms with van der Waals surface area (Å²) in [5.74, 6) is 0.961. The second-order valence-corrected chi connectivity index (χ2v) is 10.0. The highest BCUT2D eigenvalue weighted by Crippen LogP contribution is 2.09. The van der Waals surface area contributed by atoms with Gasteiger partial charge in [0.05, 0.1) is 15.5 Å². The molecule has 0 spiro atoms. The second-order valence-electron chi connectivity index (χ2n) is 5.21. The fraction of sp³-hybridized carbons (Fsp3) is 0.250. The molecule has 7 nitrogen and oxygen atoms in total. The molecular formula is C16H16Cl2N6OS2. The van der Waals surface area contributed by atoms with Gasteiger partial charge in [0, 0.05) is 24.4 Å². The fourth-order valence-electron chi connectivity index (χ4n) is 1.75. The van der Waals surface area contributed by atoms with Gasteiger partial charge in [-0.05, 0) is 29.5 Å². The summed E-state index contributed by atoms with van der Waals surface area (Å²) in [6.07, 6.45) is 9.92. The first-order valence-electron chi connectivity index (χ1n) is 7.27. The van der Waals surface area contributed by atoms with Gasteiger partial charge < -0.3 is 0 Å². The monoisotopic (exact) mass is 442 g/mol. The predicted molar refractivity (Wildman–Crippen MR) is 109 cm³/mol. The third kappa shape index (κ3) is 10.0. The van der Waals surface area contributed by atoms with Crippen LogP contribution in [0.15, 0.2) is 45.4 Å². The first-order valence-corrected chi connectivity index (χ1v) is 11.9. The lowest BCUT2D eigenvalue weighted by molar-refractivity contribution is 0.680. The van der Waals surface area contributed by atoms with Gasteiger partial charge in [0.25, 0.3) is 0 Å². The van der Waals surface area contributed by atoms with Crippen LogP contribution in [0.1, 0.15) is 11.1 Å². The van der Waals surface area contributed by atoms with E-state index in [0.717, 1.165) is 16.9 Å². The molecule has 0 saturated carbocycles. The van der Waals surface area contributed by atoms with Gasteiger partial charge in [0.15, 0.2) is 0 Å². The average Bonchev–Trinajstić information content (AvgIpc) is 2.59. The van der Waals surface area contributed by atoms with Crippen molar-refractivity contribution in [3.63, 3.8) is 0 Å². The van der Waals surface area contributed by atoms with Crippen LogP contribution < -0.4 is 0 Å². The summed E-state index contributed by atoms with van der Waals surface area (Å²) in [4.78, 5) is 7.78. The lowest BCUT2D eigenvalue weighted by Gasteiger charge is -2.00. The zero-order chi connectivity index (χ0) is 20.3. The summed E-state index contributed by atoms with van der Waals surface area (Å²) in [6, 6.07) is 6.95. The molecule has 0 N–H and O–H groups in total. The number of hydrogen-bond donors (Lipinski definition) is 0. The zero-order valence-corrected chi connectivity index (χ0v) is 17.7. The van der Waals surface area contributed by atoms with E-state index in [9.17, 15) is 4.21 Å². The van der Waals surface area contributed by atoms with Crippen LogP contribution in [0, 0.1) is 22.9 Å². The minimum absolute atomic E-state index is 0.213. The highest BCUT2D eigenvalue weighted by atomic mass is 35.5. The molecule has 2 aromatic rings. The molecule has 0 aliphatic heterocycles. The maximum Gasteiger partial charge on any atom is 0.214 e. The number of hydrogen-bond acceptors (Lipinski definition) is 7. The van der Waals surface area contributed by atoms with Gasteiger partial charge in [0.1, 0.15) is 10.3 Å². The lowest BCUT2D eigenvalue weighted by Crippen LogP contribution is -2.00. The van der Waals surface area contributed by atoms with E-state index in [2.05, 4.69) is 18.7 Å². The summed E-state index contributed by atoms with van der Waals surface area (Å²) >= 11 is 11.2. The van der Waals surface area contributed by atoms with Crippen molar-refractivity contribution in [3.05, 3.63) is 58.1 Å². The maximum atomic E-state index is 11.6. The van der Waals surface area contributed by atoms with Crippen LogP contribution in [0.3, 0.4) is 0 Å². The Bertz CT molecular complexity index is 986. The van der Waals surface area contributed by atoms with Gasteiger partial charge in [-0.2, -0.15) is 14.9 Å². The van der Waals surface area contributed by atoms with Gasteiger partial charge in [-0.3, -0.25) is 0 Å². The zero-order valence-electron chi connectivity index (χ0n) is 14.5. The maximum absolute atomic E-state index is 11.6. The van der Waals surface area contributed by atoms with Crippen LogP contribution in [0.4, 0.5) is 0 Å². The first-order chi connectivity index (χ1) is 12.8. The molecule has 0 radical (unpaired) electrons. The number of nitrogens with zero attached hydrogens (tertiary/aromatic N) is 6. The van der Waals surface area contributed by atoms with Crippen molar-refractivity contribution < 1.29 is 4.21 Å². The Morgan fingerprint density at radius 1 is 1.07 bits per heavy atom. The topological polar surface area (TPSA) is 115 Å². The van der Waals surface area contributed by atoms with E-state index in [4.69, 9.17) is 33.7 Å². The quantitative estimate of drug-likeness (QED) is 0.524. The number of aromatic nitrogens is 2. The minimum atomic E-state index is -2.47. The van der Waals surface area contributed by atoms with Crippen LogP contribution in [-0.4, -0.2) is 26.7 Å². The van der Waals surface area contributed by atoms with Crippen molar-refractivity contribution in [1.82, 2.24) is 9.97 Å². The van der Waals surface area contributed by atoms with Crippen LogP contribution in [0.2, 0.25) is 10.3 Å². The number of nitriles is 2. The summed E-state index contributed by atoms with van der Waals surface area (Å²) < 4.78 is 18.7. The van der Waals surface area contributed by atoms with Gasteiger partial charge in [0.2, 0.25) is 12.4 Å². The first kappa shape index (κ1) is 23.0. The average molecular weight is 443 g/mol. The van der Waals surface area contributed by atoms with Crippen LogP contribution in [0.5, 0.6) is 0 Å². The van der Waals surface area contributed by atoms with E-state index in [0.29, 0.717) is 10.3 Å². The predicted octanol–water partition coefficient (Wildman–Crippen LogP) is 3.96. The Morgan fingerprint density at radius 2 is 1.63 bits per heavy atom. The standard InChI is InChI=1S/C8H8ClN3OS.C8H8ClN3S/c1-14(13,12-6-10)5-7-2-3-8(9)11-4-7;1-13(12-6-10)5-7-2-3-8(9)11-4-7/h2-4H,5H2,1H3;2-4H,5H2,1H3. The van der Waals surface area contributed by atoms with E-state index >= 15 is 0 Å². The fourth-order valence-corrected chi connectivity index (χ4v) is 3.86. The molecule has 0 aromatic carbocycles. The Kier molecular flexibility index (Phi) is 9.90. The molecule has 0 aliphatic carbocycles. The number of halogens is 2. The molecule has 0 fully saturated rings. The highest BCUT2D eigenvalue weighted by Gasteiger charge is 2.03. The molecule has 2 rings (SSSR count). The smallest absolute Gasteiger partial charge is 0.214 e. The Labute approximate surface area is 171 Å². The normalized spacial score (nSPS) is 13.3. The third-order valence-corrected chi connectivity index (χ3v) is 5.75. The summed E-state index contributed by atoms with van der Waals surface area (Å²) in [6.45, 7) is 0. The number of rotatable bonds is 4. The molecule has 0 amide bonds. The Morgan fingerprint density at radius 3 is 2.07 bits per heavy atom. The van der Waals surface area contributed by atoms with E-state index in [1.807, 2.05) is 12.3 Å². The molecule has 0 aliphatic rings.